The summed E-state index contributed by atoms with van der Waals surface area (Å²) in [5.41, 5.74) is 0. The van der Waals surface area contributed by atoms with Crippen molar-refractivity contribution in [1.82, 2.24) is 15.1 Å². The molecule has 2 fully saturated rings. The number of likely N-dealkylation sites (tertiary alicyclic amines) is 1. The van der Waals surface area contributed by atoms with E-state index >= 15 is 0 Å². The van der Waals surface area contributed by atoms with Crippen LogP contribution in [0.3, 0.4) is 0 Å². The van der Waals surface area contributed by atoms with Gasteiger partial charge in [-0.3, -0.25) is 9.80 Å². The Morgan fingerprint density at radius 2 is 2.00 bits per heavy atom. The molecule has 3 heterocycles. The number of nitrogens with zero attached hydrogens (tertiary/aromatic N) is 2. The summed E-state index contributed by atoms with van der Waals surface area (Å²) in [6.07, 6.45) is 0. The summed E-state index contributed by atoms with van der Waals surface area (Å²) in [5.74, 6) is 1.02. The average Bonchev–Trinajstić information content (AvgIpc) is 2.64. The quantitative estimate of drug-likeness (QED) is 0.870. The third-order valence-corrected chi connectivity index (χ3v) is 5.39. The average molecular weight is 379 g/mol. The fraction of sp³-hybridized carbons (Fsp3) is 0.667. The van der Waals surface area contributed by atoms with E-state index in [1.807, 2.05) is 6.07 Å². The van der Waals surface area contributed by atoms with E-state index in [0.29, 0.717) is 0 Å². The first-order valence-electron chi connectivity index (χ1n) is 6.33. The third-order valence-electron chi connectivity index (χ3n) is 3.68. The Morgan fingerprint density at radius 1 is 1.28 bits per heavy atom. The minimum Gasteiger partial charge on any atom is -0.452 e. The fourth-order valence-electron chi connectivity index (χ4n) is 2.64. The van der Waals surface area contributed by atoms with E-state index in [1.165, 1.54) is 13.1 Å². The molecule has 18 heavy (non-hydrogen) atoms. The fourth-order valence-corrected chi connectivity index (χ4v) is 3.30. The van der Waals surface area contributed by atoms with E-state index in [2.05, 4.69) is 47.0 Å². The molecule has 0 aliphatic carbocycles. The molecule has 0 radical (unpaired) electrons. The predicted octanol–water partition coefficient (Wildman–Crippen LogP) is 1.89. The summed E-state index contributed by atoms with van der Waals surface area (Å²) in [6, 6.07) is 2.79. The number of nitrogens with one attached hydrogen (secondary N) is 1. The van der Waals surface area contributed by atoms with Crippen molar-refractivity contribution in [1.29, 1.82) is 0 Å². The van der Waals surface area contributed by atoms with Gasteiger partial charge in [0, 0.05) is 45.3 Å². The van der Waals surface area contributed by atoms with Crippen molar-refractivity contribution in [2.45, 2.75) is 12.6 Å². The van der Waals surface area contributed by atoms with Crippen LogP contribution in [-0.2, 0) is 6.54 Å². The normalized spacial score (nSPS) is 23.2. The van der Waals surface area contributed by atoms with Crippen LogP contribution < -0.4 is 5.32 Å². The van der Waals surface area contributed by atoms with Gasteiger partial charge in [0.05, 0.1) is 11.0 Å². The van der Waals surface area contributed by atoms with Gasteiger partial charge in [-0.05, 0) is 37.9 Å². The smallest absolute Gasteiger partial charge is 0.183 e. The SMILES string of the molecule is Brc1cc(CN2CC(N3CCNCC3)C2)oc1Br. The standard InChI is InChI=1S/C12H17Br2N3O/c13-11-5-10(18-12(11)14)8-16-6-9(7-16)17-3-1-15-2-4-17/h5,9,15H,1-4,6-8H2. The van der Waals surface area contributed by atoms with Crippen LogP contribution in [0.5, 0.6) is 0 Å². The van der Waals surface area contributed by atoms with E-state index in [1.54, 1.807) is 0 Å². The molecule has 2 aliphatic rings. The molecule has 1 aromatic heterocycles. The number of piperazine rings is 1. The molecule has 2 aliphatic heterocycles. The predicted molar refractivity (Wildman–Crippen MR) is 77.6 cm³/mol. The van der Waals surface area contributed by atoms with Crippen molar-refractivity contribution in [2.75, 3.05) is 39.3 Å². The highest BCUT2D eigenvalue weighted by atomic mass is 79.9. The zero-order chi connectivity index (χ0) is 12.5. The molecule has 1 aromatic rings. The Kier molecular flexibility index (Phi) is 4.10. The van der Waals surface area contributed by atoms with Gasteiger partial charge in [0.25, 0.3) is 0 Å². The van der Waals surface area contributed by atoms with Crippen molar-refractivity contribution in [3.63, 3.8) is 0 Å². The highest BCUT2D eigenvalue weighted by molar-refractivity contribution is 9.13. The van der Waals surface area contributed by atoms with Crippen LogP contribution in [-0.4, -0.2) is 55.1 Å². The summed E-state index contributed by atoms with van der Waals surface area (Å²) in [5, 5.41) is 3.40. The Bertz CT molecular complexity index is 392. The van der Waals surface area contributed by atoms with Gasteiger partial charge in [-0.15, -0.1) is 0 Å². The van der Waals surface area contributed by atoms with Gasteiger partial charge < -0.3 is 9.73 Å². The Morgan fingerprint density at radius 3 is 2.61 bits per heavy atom. The molecule has 3 rings (SSSR count). The Labute approximate surface area is 124 Å². The second kappa shape index (κ2) is 5.63. The maximum Gasteiger partial charge on any atom is 0.183 e. The molecule has 4 nitrogen and oxygen atoms in total. The first-order chi connectivity index (χ1) is 8.72. The minimum atomic E-state index is 0.744. The molecule has 0 bridgehead atoms. The van der Waals surface area contributed by atoms with Crippen LogP contribution >= 0.6 is 31.9 Å². The molecule has 100 valence electrons. The van der Waals surface area contributed by atoms with Crippen molar-refractivity contribution < 1.29 is 4.42 Å². The Balaban J connectivity index is 1.47. The molecule has 2 saturated heterocycles. The first kappa shape index (κ1) is 13.1. The van der Waals surface area contributed by atoms with Crippen molar-refractivity contribution >= 4 is 31.9 Å². The largest absolute Gasteiger partial charge is 0.452 e. The van der Waals surface area contributed by atoms with Crippen LogP contribution in [0.2, 0.25) is 0 Å². The molecule has 0 spiro atoms. The Hall–Kier alpha value is 0.120. The second-order valence-electron chi connectivity index (χ2n) is 4.97. The first-order valence-corrected chi connectivity index (χ1v) is 7.92. The van der Waals surface area contributed by atoms with Gasteiger partial charge in [-0.1, -0.05) is 0 Å². The van der Waals surface area contributed by atoms with Crippen molar-refractivity contribution in [3.8, 4) is 0 Å². The lowest BCUT2D eigenvalue weighted by atomic mass is 10.1. The van der Waals surface area contributed by atoms with E-state index in [0.717, 1.165) is 53.7 Å². The molecule has 1 N–H and O–H groups in total. The van der Waals surface area contributed by atoms with Crippen molar-refractivity contribution in [2.24, 2.45) is 0 Å². The molecular weight excluding hydrogens is 362 g/mol. The number of furan rings is 1. The molecule has 0 amide bonds. The van der Waals surface area contributed by atoms with E-state index < -0.39 is 0 Å². The molecule has 0 unspecified atom stereocenters. The molecule has 0 atom stereocenters. The maximum atomic E-state index is 5.61. The second-order valence-corrected chi connectivity index (χ2v) is 6.54. The number of rotatable bonds is 3. The molecular formula is C12H17Br2N3O. The van der Waals surface area contributed by atoms with E-state index in [-0.39, 0.29) is 0 Å². The highest BCUT2D eigenvalue weighted by Crippen LogP contribution is 2.28. The van der Waals surface area contributed by atoms with Crippen LogP contribution in [0.4, 0.5) is 0 Å². The zero-order valence-corrected chi connectivity index (χ0v) is 13.3. The molecule has 6 heteroatoms. The van der Waals surface area contributed by atoms with E-state index in [9.17, 15) is 0 Å². The van der Waals surface area contributed by atoms with Crippen LogP contribution in [0, 0.1) is 0 Å². The summed E-state index contributed by atoms with van der Waals surface area (Å²) in [4.78, 5) is 5.03. The number of hydrogen-bond donors (Lipinski definition) is 1. The van der Waals surface area contributed by atoms with Gasteiger partial charge >= 0.3 is 0 Å². The molecule has 0 saturated carbocycles. The summed E-state index contributed by atoms with van der Waals surface area (Å²) in [6.45, 7) is 7.88. The zero-order valence-electron chi connectivity index (χ0n) is 10.2. The summed E-state index contributed by atoms with van der Waals surface area (Å²) >= 11 is 6.82. The van der Waals surface area contributed by atoms with Crippen LogP contribution in [0.15, 0.2) is 19.6 Å². The highest BCUT2D eigenvalue weighted by Gasteiger charge is 2.32. The number of halogens is 2. The van der Waals surface area contributed by atoms with Gasteiger partial charge in [-0.2, -0.15) is 0 Å². The van der Waals surface area contributed by atoms with Crippen molar-refractivity contribution in [3.05, 3.63) is 21.0 Å². The topological polar surface area (TPSA) is 31.6 Å². The lowest BCUT2D eigenvalue weighted by Crippen LogP contribution is -2.62. The lowest BCUT2D eigenvalue weighted by molar-refractivity contribution is 0.0184. The summed E-state index contributed by atoms with van der Waals surface area (Å²) < 4.78 is 7.39. The van der Waals surface area contributed by atoms with Crippen LogP contribution in [0.25, 0.3) is 0 Å². The van der Waals surface area contributed by atoms with Gasteiger partial charge in [0.15, 0.2) is 4.67 Å². The third kappa shape index (κ3) is 2.82. The van der Waals surface area contributed by atoms with Crippen LogP contribution in [0.1, 0.15) is 5.76 Å². The maximum absolute atomic E-state index is 5.61. The lowest BCUT2D eigenvalue weighted by Gasteiger charge is -2.46. The van der Waals surface area contributed by atoms with Gasteiger partial charge in [-0.25, -0.2) is 0 Å². The van der Waals surface area contributed by atoms with Gasteiger partial charge in [0.1, 0.15) is 5.76 Å². The summed E-state index contributed by atoms with van der Waals surface area (Å²) in [7, 11) is 0. The minimum absolute atomic E-state index is 0.744. The number of hydrogen-bond acceptors (Lipinski definition) is 4. The van der Waals surface area contributed by atoms with Gasteiger partial charge in [0.2, 0.25) is 0 Å². The monoisotopic (exact) mass is 377 g/mol. The molecule has 0 aromatic carbocycles. The van der Waals surface area contributed by atoms with E-state index in [4.69, 9.17) is 4.42 Å².